The van der Waals surface area contributed by atoms with Crippen molar-refractivity contribution in [1.82, 2.24) is 0 Å². The molecule has 0 aliphatic rings. The molecule has 0 bridgehead atoms. The van der Waals surface area contributed by atoms with Crippen LogP contribution in [0.3, 0.4) is 0 Å². The number of carbonyl (C=O) groups excluding carboxylic acids is 2. The first-order chi connectivity index (χ1) is 13.4. The van der Waals surface area contributed by atoms with E-state index in [-0.39, 0.29) is 28.0 Å². The molecule has 146 valence electrons. The van der Waals surface area contributed by atoms with E-state index in [1.165, 1.54) is 0 Å². The van der Waals surface area contributed by atoms with Crippen molar-refractivity contribution >= 4 is 67.7 Å². The van der Waals surface area contributed by atoms with Gasteiger partial charge in [-0.1, -0.05) is 35.3 Å². The molecule has 0 fully saturated rings. The molecule has 0 unspecified atom stereocenters. The summed E-state index contributed by atoms with van der Waals surface area (Å²) in [6, 6.07) is 10.2. The number of anilines is 1. The van der Waals surface area contributed by atoms with E-state index in [0.29, 0.717) is 30.1 Å². The molecule has 28 heavy (non-hydrogen) atoms. The predicted molar refractivity (Wildman–Crippen MR) is 113 cm³/mol. The lowest BCUT2D eigenvalue weighted by Gasteiger charge is -2.08. The van der Waals surface area contributed by atoms with E-state index in [2.05, 4.69) is 21.2 Å². The van der Waals surface area contributed by atoms with E-state index >= 15 is 0 Å². The molecule has 1 N–H and O–H groups in total. The van der Waals surface area contributed by atoms with Crippen molar-refractivity contribution in [3.63, 3.8) is 0 Å². The van der Waals surface area contributed by atoms with Crippen LogP contribution < -0.4 is 5.32 Å². The van der Waals surface area contributed by atoms with Gasteiger partial charge in [-0.3, -0.25) is 9.59 Å². The minimum Gasteiger partial charge on any atom is -0.466 e. The van der Waals surface area contributed by atoms with Gasteiger partial charge in [-0.15, -0.1) is 0 Å². The fraction of sp³-hybridized carbons (Fsp3) is 0.200. The predicted octanol–water partition coefficient (Wildman–Crippen LogP) is 6.25. The average molecular weight is 485 g/mol. The molecule has 1 amide bonds. The van der Waals surface area contributed by atoms with Crippen LogP contribution in [0.5, 0.6) is 0 Å². The van der Waals surface area contributed by atoms with E-state index in [4.69, 9.17) is 32.4 Å². The van der Waals surface area contributed by atoms with E-state index in [1.54, 1.807) is 37.3 Å². The molecule has 5 nitrogen and oxygen atoms in total. The van der Waals surface area contributed by atoms with Crippen LogP contribution in [-0.4, -0.2) is 18.5 Å². The third kappa shape index (κ3) is 4.35. The summed E-state index contributed by atoms with van der Waals surface area (Å²) in [6.07, 6.45) is 0.570. The van der Waals surface area contributed by atoms with Crippen molar-refractivity contribution in [3.05, 3.63) is 62.2 Å². The number of para-hydroxylation sites is 1. The zero-order valence-corrected chi connectivity index (χ0v) is 18.0. The highest BCUT2D eigenvalue weighted by atomic mass is 79.9. The molecular weight excluding hydrogens is 469 g/mol. The van der Waals surface area contributed by atoms with Gasteiger partial charge in [0.25, 0.3) is 5.91 Å². The van der Waals surface area contributed by atoms with Gasteiger partial charge in [0, 0.05) is 11.8 Å². The highest BCUT2D eigenvalue weighted by Gasteiger charge is 2.19. The third-order valence-corrected chi connectivity index (χ3v) is 5.52. The largest absolute Gasteiger partial charge is 0.466 e. The highest BCUT2D eigenvalue weighted by molar-refractivity contribution is 9.10. The van der Waals surface area contributed by atoms with E-state index in [9.17, 15) is 9.59 Å². The molecule has 1 heterocycles. The second kappa shape index (κ2) is 8.99. The molecule has 0 radical (unpaired) electrons. The molecule has 0 saturated heterocycles. The van der Waals surface area contributed by atoms with Gasteiger partial charge in [-0.05, 0) is 47.1 Å². The lowest BCUT2D eigenvalue weighted by Crippen LogP contribution is -2.13. The number of halogens is 3. The zero-order valence-electron chi connectivity index (χ0n) is 14.9. The first-order valence-electron chi connectivity index (χ1n) is 8.53. The van der Waals surface area contributed by atoms with Crippen molar-refractivity contribution in [2.45, 2.75) is 19.8 Å². The number of furan rings is 1. The Balaban J connectivity index is 1.89. The molecule has 0 aliphatic carbocycles. The van der Waals surface area contributed by atoms with Crippen LogP contribution in [0.1, 0.15) is 29.5 Å². The van der Waals surface area contributed by atoms with Crippen molar-refractivity contribution < 1.29 is 18.7 Å². The fourth-order valence-electron chi connectivity index (χ4n) is 2.75. The monoisotopic (exact) mass is 483 g/mol. The summed E-state index contributed by atoms with van der Waals surface area (Å²) in [5.74, 6) is -0.138. The second-order valence-corrected chi connectivity index (χ2v) is 7.48. The number of aryl methyl sites for hydroxylation is 1. The number of amides is 1. The Hall–Kier alpha value is -2.02. The summed E-state index contributed by atoms with van der Waals surface area (Å²) in [4.78, 5) is 24.3. The number of benzene rings is 2. The zero-order chi connectivity index (χ0) is 20.3. The quantitative estimate of drug-likeness (QED) is 0.420. The average Bonchev–Trinajstić information content (AvgIpc) is 2.97. The first kappa shape index (κ1) is 20.7. The van der Waals surface area contributed by atoms with Crippen LogP contribution in [0, 0.1) is 0 Å². The van der Waals surface area contributed by atoms with Crippen molar-refractivity contribution in [3.8, 4) is 0 Å². The van der Waals surface area contributed by atoms with Crippen LogP contribution in [0.25, 0.3) is 11.0 Å². The number of hydrogen-bond donors (Lipinski definition) is 1. The summed E-state index contributed by atoms with van der Waals surface area (Å²) in [7, 11) is 0. The lowest BCUT2D eigenvalue weighted by molar-refractivity contribution is -0.143. The van der Waals surface area contributed by atoms with Crippen LogP contribution in [-0.2, 0) is 16.0 Å². The van der Waals surface area contributed by atoms with Crippen molar-refractivity contribution in [1.29, 1.82) is 0 Å². The number of nitrogens with one attached hydrogen (secondary N) is 1. The van der Waals surface area contributed by atoms with Crippen LogP contribution in [0.4, 0.5) is 5.69 Å². The topological polar surface area (TPSA) is 68.5 Å². The standard InChI is InChI=1S/C20H16BrCl2NO4/c1-2-27-16(25)10-9-15-18(21)11-5-3-8-14(19(11)28-15)24-20(26)17-12(22)6-4-7-13(17)23/h3-8H,2,9-10H2,1H3,(H,24,26). The second-order valence-electron chi connectivity index (χ2n) is 5.88. The summed E-state index contributed by atoms with van der Waals surface area (Å²) in [5, 5.41) is 4.09. The van der Waals surface area contributed by atoms with Gasteiger partial charge in [0.15, 0.2) is 5.58 Å². The van der Waals surface area contributed by atoms with E-state index in [1.807, 2.05) is 6.07 Å². The Bertz CT molecular complexity index is 1030. The Morgan fingerprint density at radius 1 is 1.14 bits per heavy atom. The molecule has 8 heteroatoms. The number of hydrogen-bond acceptors (Lipinski definition) is 4. The smallest absolute Gasteiger partial charge is 0.306 e. The Kier molecular flexibility index (Phi) is 6.65. The van der Waals surface area contributed by atoms with Crippen LogP contribution in [0.15, 0.2) is 45.3 Å². The molecule has 3 aromatic rings. The Morgan fingerprint density at radius 3 is 2.50 bits per heavy atom. The van der Waals surface area contributed by atoms with Gasteiger partial charge >= 0.3 is 5.97 Å². The van der Waals surface area contributed by atoms with Crippen molar-refractivity contribution in [2.75, 3.05) is 11.9 Å². The van der Waals surface area contributed by atoms with Crippen molar-refractivity contribution in [2.24, 2.45) is 0 Å². The summed E-state index contributed by atoms with van der Waals surface area (Å²) in [5.41, 5.74) is 1.15. The molecular formula is C20H16BrCl2NO4. The van der Waals surface area contributed by atoms with Gasteiger partial charge in [0.05, 0.1) is 38.8 Å². The van der Waals surface area contributed by atoms with Gasteiger partial charge in [0.1, 0.15) is 5.76 Å². The third-order valence-electron chi connectivity index (χ3n) is 4.02. The molecule has 0 atom stereocenters. The molecule has 3 rings (SSSR count). The van der Waals surface area contributed by atoms with E-state index in [0.717, 1.165) is 9.86 Å². The number of fused-ring (bicyclic) bond motifs is 1. The first-order valence-corrected chi connectivity index (χ1v) is 10.1. The van der Waals surface area contributed by atoms with Crippen LogP contribution >= 0.6 is 39.1 Å². The fourth-order valence-corrected chi connectivity index (χ4v) is 3.91. The number of ether oxygens (including phenoxy) is 1. The summed E-state index contributed by atoms with van der Waals surface area (Å²) >= 11 is 15.7. The van der Waals surface area contributed by atoms with Gasteiger partial charge in [0.2, 0.25) is 0 Å². The summed E-state index contributed by atoms with van der Waals surface area (Å²) < 4.78 is 11.6. The highest BCUT2D eigenvalue weighted by Crippen LogP contribution is 2.36. The maximum absolute atomic E-state index is 12.7. The number of carbonyl (C=O) groups is 2. The minimum absolute atomic E-state index is 0.191. The maximum atomic E-state index is 12.7. The van der Waals surface area contributed by atoms with Gasteiger partial charge in [-0.2, -0.15) is 0 Å². The SMILES string of the molecule is CCOC(=O)CCc1oc2c(NC(=O)c3c(Cl)cccc3Cl)cccc2c1Br. The Labute approximate surface area is 180 Å². The molecule has 2 aromatic carbocycles. The maximum Gasteiger partial charge on any atom is 0.306 e. The lowest BCUT2D eigenvalue weighted by atomic mass is 10.1. The molecule has 0 spiro atoms. The number of rotatable bonds is 6. The summed E-state index contributed by atoms with van der Waals surface area (Å²) in [6.45, 7) is 2.09. The molecule has 0 aliphatic heterocycles. The minimum atomic E-state index is -0.441. The van der Waals surface area contributed by atoms with Gasteiger partial charge < -0.3 is 14.5 Å². The van der Waals surface area contributed by atoms with Gasteiger partial charge in [-0.25, -0.2) is 0 Å². The Morgan fingerprint density at radius 2 is 1.82 bits per heavy atom. The number of esters is 1. The van der Waals surface area contributed by atoms with E-state index < -0.39 is 5.91 Å². The van der Waals surface area contributed by atoms with Crippen LogP contribution in [0.2, 0.25) is 10.0 Å². The molecule has 1 aromatic heterocycles. The molecule has 0 saturated carbocycles. The normalized spacial score (nSPS) is 10.9.